The molecule has 1 amide bonds. The monoisotopic (exact) mass is 467 g/mol. The molecule has 5 rings (SSSR count). The molecule has 33 heavy (non-hydrogen) atoms. The summed E-state index contributed by atoms with van der Waals surface area (Å²) < 4.78 is 0.152. The summed E-state index contributed by atoms with van der Waals surface area (Å²) in [5.74, 6) is 1.99. The summed E-state index contributed by atoms with van der Waals surface area (Å²) in [6.07, 6.45) is 5.99. The summed E-state index contributed by atoms with van der Waals surface area (Å²) >= 11 is 6.06. The molecule has 4 heterocycles. The Morgan fingerprint density at radius 1 is 1.27 bits per heavy atom. The SMILES string of the molecule is CC(C)c1cc(Nc2nc([N+]3(c4ccc(Cl)nc4)CCCC3C(N)=O)nc3c2CCC3)n[nH]1. The number of aromatic nitrogens is 5. The molecule has 2 unspecified atom stereocenters. The highest BCUT2D eigenvalue weighted by Crippen LogP contribution is 2.43. The molecule has 1 aliphatic heterocycles. The van der Waals surface area contributed by atoms with Crippen molar-refractivity contribution >= 4 is 40.8 Å². The predicted octanol–water partition coefficient (Wildman–Crippen LogP) is 3.89. The van der Waals surface area contributed by atoms with Gasteiger partial charge in [0.05, 0.1) is 18.4 Å². The number of pyridine rings is 1. The molecule has 0 aromatic carbocycles. The van der Waals surface area contributed by atoms with Crippen LogP contribution in [0.3, 0.4) is 0 Å². The molecule has 0 saturated carbocycles. The first-order valence-electron chi connectivity index (χ1n) is 11.4. The Hall–Kier alpha value is -3.04. The van der Waals surface area contributed by atoms with Crippen molar-refractivity contribution in [2.75, 3.05) is 11.9 Å². The fourth-order valence-corrected chi connectivity index (χ4v) is 5.17. The van der Waals surface area contributed by atoms with Gasteiger partial charge in [0.1, 0.15) is 11.0 Å². The van der Waals surface area contributed by atoms with Crippen LogP contribution in [0.4, 0.5) is 23.3 Å². The quantitative estimate of drug-likeness (QED) is 0.373. The second kappa shape index (κ2) is 8.39. The molecular formula is C23H28ClN8O+. The summed E-state index contributed by atoms with van der Waals surface area (Å²) in [6, 6.07) is 5.15. The van der Waals surface area contributed by atoms with Crippen molar-refractivity contribution in [3.63, 3.8) is 0 Å². The lowest BCUT2D eigenvalue weighted by Crippen LogP contribution is -2.55. The molecule has 10 heteroatoms. The topological polar surface area (TPSA) is 122 Å². The van der Waals surface area contributed by atoms with Crippen LogP contribution in [0.1, 0.15) is 56.0 Å². The third-order valence-corrected chi connectivity index (χ3v) is 6.99. The second-order valence-corrected chi connectivity index (χ2v) is 9.52. The Bertz CT molecular complexity index is 1190. The molecule has 0 spiro atoms. The number of nitrogens with two attached hydrogens (primary N) is 1. The lowest BCUT2D eigenvalue weighted by atomic mass is 10.1. The fraction of sp³-hybridized carbons (Fsp3) is 0.435. The van der Waals surface area contributed by atoms with Crippen molar-refractivity contribution < 1.29 is 4.79 Å². The second-order valence-electron chi connectivity index (χ2n) is 9.13. The number of quaternary nitrogens is 1. The van der Waals surface area contributed by atoms with Crippen LogP contribution < -0.4 is 15.5 Å². The molecule has 0 radical (unpaired) electrons. The fourth-order valence-electron chi connectivity index (χ4n) is 5.06. The van der Waals surface area contributed by atoms with Crippen molar-refractivity contribution in [2.45, 2.75) is 57.9 Å². The molecule has 1 fully saturated rings. The van der Waals surface area contributed by atoms with Crippen molar-refractivity contribution in [3.8, 4) is 0 Å². The smallest absolute Gasteiger partial charge is 0.337 e. The minimum atomic E-state index is -0.474. The van der Waals surface area contributed by atoms with Gasteiger partial charge in [0.25, 0.3) is 5.91 Å². The first kappa shape index (κ1) is 21.8. The number of nitrogens with one attached hydrogen (secondary N) is 2. The van der Waals surface area contributed by atoms with E-state index in [4.69, 9.17) is 27.3 Å². The number of carbonyl (C=O) groups excluding carboxylic acids is 1. The van der Waals surface area contributed by atoms with Crippen LogP contribution in [-0.4, -0.2) is 43.6 Å². The van der Waals surface area contributed by atoms with Crippen molar-refractivity contribution in [1.29, 1.82) is 0 Å². The molecule has 2 aliphatic rings. The normalized spacial score (nSPS) is 22.0. The van der Waals surface area contributed by atoms with Crippen LogP contribution in [0.5, 0.6) is 0 Å². The average molecular weight is 468 g/mol. The van der Waals surface area contributed by atoms with E-state index < -0.39 is 6.04 Å². The van der Waals surface area contributed by atoms with Gasteiger partial charge in [-0.3, -0.25) is 9.89 Å². The molecule has 1 saturated heterocycles. The van der Waals surface area contributed by atoms with Crippen LogP contribution in [0.15, 0.2) is 24.4 Å². The predicted molar refractivity (Wildman–Crippen MR) is 128 cm³/mol. The van der Waals surface area contributed by atoms with Gasteiger partial charge in [-0.05, 0) is 31.2 Å². The minimum Gasteiger partial charge on any atom is -0.364 e. The van der Waals surface area contributed by atoms with Crippen LogP contribution >= 0.6 is 11.6 Å². The standard InChI is InChI=1S/C23H27ClN8O/c1-13(2)17-11-20(31-30-17)28-22-15-5-3-6-16(15)27-23(29-22)32(10-4-7-18(32)21(25)33)14-8-9-19(24)26-12-14/h8-9,11-13,18H,3-7,10H2,1-2H3,(H3-,25,27,28,29,30,31,33)/p+1. The lowest BCUT2D eigenvalue weighted by Gasteiger charge is -2.35. The Labute approximate surface area is 197 Å². The van der Waals surface area contributed by atoms with E-state index in [0.29, 0.717) is 35.8 Å². The van der Waals surface area contributed by atoms with Crippen LogP contribution in [-0.2, 0) is 17.6 Å². The van der Waals surface area contributed by atoms with Gasteiger partial charge in [-0.25, -0.2) is 9.47 Å². The van der Waals surface area contributed by atoms with Crippen molar-refractivity contribution in [3.05, 3.63) is 46.5 Å². The van der Waals surface area contributed by atoms with Crippen LogP contribution in [0.25, 0.3) is 0 Å². The van der Waals surface area contributed by atoms with Crippen LogP contribution in [0, 0.1) is 0 Å². The molecule has 1 aliphatic carbocycles. The number of anilines is 2. The van der Waals surface area contributed by atoms with E-state index in [2.05, 4.69) is 34.3 Å². The number of rotatable bonds is 6. The van der Waals surface area contributed by atoms with E-state index in [1.165, 1.54) is 0 Å². The molecule has 3 aromatic rings. The Balaban J connectivity index is 1.65. The molecule has 2 atom stereocenters. The van der Waals surface area contributed by atoms with Crippen LogP contribution in [0.2, 0.25) is 5.15 Å². The summed E-state index contributed by atoms with van der Waals surface area (Å²) in [5, 5.41) is 11.3. The lowest BCUT2D eigenvalue weighted by molar-refractivity contribution is -0.121. The van der Waals surface area contributed by atoms with Gasteiger partial charge in [0.15, 0.2) is 17.5 Å². The summed E-state index contributed by atoms with van der Waals surface area (Å²) in [7, 11) is 0. The number of halogens is 1. The van der Waals surface area contributed by atoms with Gasteiger partial charge in [-0.15, -0.1) is 0 Å². The number of H-pyrrole nitrogens is 1. The highest BCUT2D eigenvalue weighted by molar-refractivity contribution is 6.29. The van der Waals surface area contributed by atoms with Gasteiger partial charge >= 0.3 is 5.95 Å². The van der Waals surface area contributed by atoms with Gasteiger partial charge in [-0.1, -0.05) is 25.4 Å². The zero-order valence-electron chi connectivity index (χ0n) is 18.8. The third kappa shape index (κ3) is 3.75. The number of aryl methyl sites for hydroxylation is 1. The van der Waals surface area contributed by atoms with E-state index >= 15 is 0 Å². The molecule has 3 aromatic heterocycles. The maximum atomic E-state index is 12.6. The van der Waals surface area contributed by atoms with E-state index in [9.17, 15) is 4.79 Å². The molecular weight excluding hydrogens is 440 g/mol. The number of nitrogens with zero attached hydrogens (tertiary/aromatic N) is 5. The highest BCUT2D eigenvalue weighted by Gasteiger charge is 2.52. The molecule has 9 nitrogen and oxygen atoms in total. The van der Waals surface area contributed by atoms with Gasteiger partial charge in [-0.2, -0.15) is 15.1 Å². The number of aromatic amines is 1. The number of hydrogen-bond donors (Lipinski definition) is 3. The summed E-state index contributed by atoms with van der Waals surface area (Å²) in [4.78, 5) is 26.9. The summed E-state index contributed by atoms with van der Waals surface area (Å²) in [5.41, 5.74) is 9.87. The molecule has 172 valence electrons. The Morgan fingerprint density at radius 2 is 2.12 bits per heavy atom. The first-order valence-corrected chi connectivity index (χ1v) is 11.8. The molecule has 0 bridgehead atoms. The number of amides is 1. The number of hydrogen-bond acceptors (Lipinski definition) is 6. The Morgan fingerprint density at radius 3 is 2.82 bits per heavy atom. The van der Waals surface area contributed by atoms with Crippen molar-refractivity contribution in [2.24, 2.45) is 5.73 Å². The maximum Gasteiger partial charge on any atom is 0.337 e. The minimum absolute atomic E-state index is 0.152. The van der Waals surface area contributed by atoms with Crippen molar-refractivity contribution in [1.82, 2.24) is 29.6 Å². The summed E-state index contributed by atoms with van der Waals surface area (Å²) in [6.45, 7) is 4.89. The Kier molecular flexibility index (Phi) is 5.54. The third-order valence-electron chi connectivity index (χ3n) is 6.77. The van der Waals surface area contributed by atoms with E-state index in [1.807, 2.05) is 12.1 Å². The number of carbonyl (C=O) groups is 1. The van der Waals surface area contributed by atoms with E-state index in [-0.39, 0.29) is 10.4 Å². The number of primary amides is 1. The number of fused-ring (bicyclic) bond motifs is 1. The zero-order chi connectivity index (χ0) is 23.2. The van der Waals surface area contributed by atoms with E-state index in [0.717, 1.165) is 54.1 Å². The first-order chi connectivity index (χ1) is 15.9. The van der Waals surface area contributed by atoms with Gasteiger partial charge in [0, 0.05) is 36.2 Å². The largest absolute Gasteiger partial charge is 0.364 e. The average Bonchev–Trinajstić information content (AvgIpc) is 3.53. The van der Waals surface area contributed by atoms with Gasteiger partial charge < -0.3 is 11.1 Å². The zero-order valence-corrected chi connectivity index (χ0v) is 19.6. The van der Waals surface area contributed by atoms with E-state index in [1.54, 1.807) is 12.3 Å². The van der Waals surface area contributed by atoms with Gasteiger partial charge in [0.2, 0.25) is 0 Å². The maximum absolute atomic E-state index is 12.6. The highest BCUT2D eigenvalue weighted by atomic mass is 35.5. The molecule has 4 N–H and O–H groups in total.